The molecule has 3 atom stereocenters. The molecule has 1 unspecified atom stereocenters. The second kappa shape index (κ2) is 10.5. The van der Waals surface area contributed by atoms with Crippen LogP contribution >= 0.6 is 11.3 Å². The smallest absolute Gasteiger partial charge is 0.320 e. The third-order valence-electron chi connectivity index (χ3n) is 8.24. The molecular formula is C30H37N7OS. The highest BCUT2D eigenvalue weighted by Gasteiger charge is 2.35. The van der Waals surface area contributed by atoms with Crippen molar-refractivity contribution in [3.63, 3.8) is 0 Å². The molecule has 4 aliphatic heterocycles. The molecule has 4 aliphatic rings. The minimum atomic E-state index is 0.0781. The summed E-state index contributed by atoms with van der Waals surface area (Å²) in [4.78, 5) is 26.5. The minimum Gasteiger partial charge on any atom is -0.361 e. The van der Waals surface area contributed by atoms with Gasteiger partial charge in [-0.3, -0.25) is 4.90 Å². The second-order valence-electron chi connectivity index (χ2n) is 10.9. The van der Waals surface area contributed by atoms with Crippen molar-refractivity contribution >= 4 is 33.3 Å². The normalized spacial score (nSPS) is 25.4. The monoisotopic (exact) mass is 543 g/mol. The first-order valence-electron chi connectivity index (χ1n) is 13.7. The van der Waals surface area contributed by atoms with E-state index < -0.39 is 0 Å². The van der Waals surface area contributed by atoms with E-state index in [4.69, 9.17) is 0 Å². The summed E-state index contributed by atoms with van der Waals surface area (Å²) in [7, 11) is 2.09. The van der Waals surface area contributed by atoms with Crippen molar-refractivity contribution in [3.05, 3.63) is 83.3 Å². The van der Waals surface area contributed by atoms with E-state index >= 15 is 0 Å². The van der Waals surface area contributed by atoms with Crippen LogP contribution in [0.4, 0.5) is 10.5 Å². The number of benzene rings is 1. The Morgan fingerprint density at radius 2 is 2.15 bits per heavy atom. The van der Waals surface area contributed by atoms with Crippen molar-refractivity contribution in [1.29, 1.82) is 0 Å². The molecule has 0 aliphatic carbocycles. The molecule has 1 aromatic heterocycles. The predicted octanol–water partition coefficient (Wildman–Crippen LogP) is 4.57. The zero-order valence-corrected chi connectivity index (χ0v) is 23.7. The van der Waals surface area contributed by atoms with Gasteiger partial charge in [-0.05, 0) is 56.2 Å². The van der Waals surface area contributed by atoms with E-state index in [1.807, 2.05) is 16.5 Å². The summed E-state index contributed by atoms with van der Waals surface area (Å²) in [6.07, 6.45) is 11.6. The van der Waals surface area contributed by atoms with E-state index in [1.165, 1.54) is 15.8 Å². The van der Waals surface area contributed by atoms with Gasteiger partial charge in [-0.1, -0.05) is 12.2 Å². The van der Waals surface area contributed by atoms with Gasteiger partial charge in [-0.15, -0.1) is 17.9 Å². The molecule has 0 bridgehead atoms. The van der Waals surface area contributed by atoms with Crippen LogP contribution in [0.5, 0.6) is 0 Å². The lowest BCUT2D eigenvalue weighted by Crippen LogP contribution is -2.60. The van der Waals surface area contributed by atoms with Crippen molar-refractivity contribution < 1.29 is 4.79 Å². The van der Waals surface area contributed by atoms with E-state index in [9.17, 15) is 4.79 Å². The Bertz CT molecular complexity index is 1400. The maximum Gasteiger partial charge on any atom is 0.320 e. The fourth-order valence-corrected chi connectivity index (χ4v) is 6.68. The van der Waals surface area contributed by atoms with Gasteiger partial charge in [-0.2, -0.15) is 0 Å². The van der Waals surface area contributed by atoms with Gasteiger partial charge in [0.05, 0.1) is 15.7 Å². The lowest BCUT2D eigenvalue weighted by molar-refractivity contribution is 0.0567. The highest BCUT2D eigenvalue weighted by atomic mass is 32.1. The van der Waals surface area contributed by atoms with Crippen molar-refractivity contribution in [1.82, 2.24) is 29.9 Å². The standard InChI is InChI=1S/C30H37N7OS/c1-5-11-36-17-21(3)37(18-20(36)2)30(38)35-13-8-22(9-14-35)27-16-24-25(10-12-34(4)29(24)33-27)32-23-6-7-26-28(15-23)39-19-31-26/h5-8,10,12,15-16,19-21,29,32-33H,1,9,11,13-14,17-18H2,2-4H3/t20-,21+,29?/m1/s1. The quantitative estimate of drug-likeness (QED) is 0.539. The van der Waals surface area contributed by atoms with Crippen molar-refractivity contribution in [2.75, 3.05) is 45.1 Å². The molecule has 9 heteroatoms. The number of rotatable bonds is 5. The zero-order chi connectivity index (χ0) is 27.1. The Hall–Kier alpha value is -3.56. The number of hydrogen-bond acceptors (Lipinski definition) is 7. The van der Waals surface area contributed by atoms with Crippen molar-refractivity contribution in [2.45, 2.75) is 38.5 Å². The van der Waals surface area contributed by atoms with Gasteiger partial charge in [0, 0.05) is 80.7 Å². The van der Waals surface area contributed by atoms with E-state index in [2.05, 4.69) is 100 Å². The molecule has 2 N–H and O–H groups in total. The first-order valence-corrected chi connectivity index (χ1v) is 14.6. The average Bonchev–Trinajstić information content (AvgIpc) is 3.60. The maximum absolute atomic E-state index is 13.5. The molecule has 39 heavy (non-hydrogen) atoms. The lowest BCUT2D eigenvalue weighted by Gasteiger charge is -2.45. The summed E-state index contributed by atoms with van der Waals surface area (Å²) < 4.78 is 1.17. The fourth-order valence-electron chi connectivity index (χ4n) is 5.96. The van der Waals surface area contributed by atoms with Crippen molar-refractivity contribution in [2.24, 2.45) is 0 Å². The molecule has 0 saturated carbocycles. The number of carbonyl (C=O) groups excluding carboxylic acids is 1. The van der Waals surface area contributed by atoms with Gasteiger partial charge in [0.1, 0.15) is 6.17 Å². The Balaban J connectivity index is 1.15. The Morgan fingerprint density at radius 1 is 1.28 bits per heavy atom. The zero-order valence-electron chi connectivity index (χ0n) is 22.9. The van der Waals surface area contributed by atoms with Gasteiger partial charge in [0.2, 0.25) is 0 Å². The summed E-state index contributed by atoms with van der Waals surface area (Å²) in [5.74, 6) is 0. The van der Waals surface area contributed by atoms with Crippen LogP contribution in [0.25, 0.3) is 10.2 Å². The minimum absolute atomic E-state index is 0.0781. The van der Waals surface area contributed by atoms with E-state index in [1.54, 1.807) is 11.3 Å². The number of thiazole rings is 1. The molecule has 0 radical (unpaired) electrons. The van der Waals surface area contributed by atoms with Gasteiger partial charge in [0.15, 0.2) is 0 Å². The third kappa shape index (κ3) is 4.96. The molecule has 204 valence electrons. The predicted molar refractivity (Wildman–Crippen MR) is 159 cm³/mol. The number of fused-ring (bicyclic) bond motifs is 2. The van der Waals surface area contributed by atoms with Crippen LogP contribution in [0.3, 0.4) is 0 Å². The maximum atomic E-state index is 13.5. The highest BCUT2D eigenvalue weighted by molar-refractivity contribution is 7.16. The SMILES string of the molecule is C=CCN1C[C@H](C)N(C(=O)N2CC=C(C3=CC4=C(Nc5ccc6ncsc6c5)C=CN(C)C4N3)CC2)C[C@H]1C. The topological polar surface area (TPSA) is 67.0 Å². The average molecular weight is 544 g/mol. The third-order valence-corrected chi connectivity index (χ3v) is 9.03. The first-order chi connectivity index (χ1) is 18.9. The highest BCUT2D eigenvalue weighted by Crippen LogP contribution is 2.33. The Morgan fingerprint density at radius 3 is 2.95 bits per heavy atom. The molecule has 0 spiro atoms. The molecule has 2 aromatic rings. The van der Waals surface area contributed by atoms with Crippen LogP contribution in [-0.4, -0.2) is 88.6 Å². The lowest BCUT2D eigenvalue weighted by atomic mass is 10.0. The number of amides is 2. The van der Waals surface area contributed by atoms with Crippen LogP contribution < -0.4 is 10.6 Å². The van der Waals surface area contributed by atoms with E-state index in [0.717, 1.165) is 55.2 Å². The number of anilines is 1. The number of piperazine rings is 1. The van der Waals surface area contributed by atoms with Crippen LogP contribution in [0.1, 0.15) is 20.3 Å². The number of allylic oxidation sites excluding steroid dienone is 2. The number of hydrogen-bond donors (Lipinski definition) is 2. The largest absolute Gasteiger partial charge is 0.361 e. The van der Waals surface area contributed by atoms with Crippen molar-refractivity contribution in [3.8, 4) is 0 Å². The van der Waals surface area contributed by atoms with Crippen LogP contribution in [-0.2, 0) is 0 Å². The van der Waals surface area contributed by atoms with Crippen LogP contribution in [0.15, 0.2) is 83.3 Å². The number of likely N-dealkylation sites (N-methyl/N-ethyl adjacent to an activating group) is 1. The summed E-state index contributed by atoms with van der Waals surface area (Å²) in [6, 6.07) is 6.98. The molecule has 8 nitrogen and oxygen atoms in total. The summed E-state index contributed by atoms with van der Waals surface area (Å²) >= 11 is 1.65. The number of carbonyl (C=O) groups is 1. The van der Waals surface area contributed by atoms with Gasteiger partial charge in [0.25, 0.3) is 0 Å². The second-order valence-corrected chi connectivity index (χ2v) is 11.8. The fraction of sp³-hybridized carbons (Fsp3) is 0.400. The molecule has 6 rings (SSSR count). The number of aromatic nitrogens is 1. The number of nitrogens with one attached hydrogen (secondary N) is 2. The van der Waals surface area contributed by atoms with E-state index in [0.29, 0.717) is 12.6 Å². The first kappa shape index (κ1) is 25.7. The van der Waals surface area contributed by atoms with E-state index in [-0.39, 0.29) is 18.2 Å². The van der Waals surface area contributed by atoms with Gasteiger partial charge in [-0.25, -0.2) is 9.78 Å². The molecule has 1 saturated heterocycles. The summed E-state index contributed by atoms with van der Waals surface area (Å²) in [5, 5.41) is 7.35. The molecule has 1 aromatic carbocycles. The van der Waals surface area contributed by atoms with Crippen LogP contribution in [0.2, 0.25) is 0 Å². The summed E-state index contributed by atoms with van der Waals surface area (Å²) in [5.41, 5.74) is 8.71. The number of urea groups is 1. The molecule has 2 amide bonds. The molecule has 1 fully saturated rings. The Labute approximate surface area is 234 Å². The van der Waals surface area contributed by atoms with Gasteiger partial charge < -0.3 is 25.3 Å². The molecular weight excluding hydrogens is 506 g/mol. The van der Waals surface area contributed by atoms with Crippen LogP contribution in [0, 0.1) is 0 Å². The van der Waals surface area contributed by atoms with Gasteiger partial charge >= 0.3 is 6.03 Å². The summed E-state index contributed by atoms with van der Waals surface area (Å²) in [6.45, 7) is 12.1. The molecule has 5 heterocycles. The number of nitrogens with zero attached hydrogens (tertiary/aromatic N) is 5. The Kier molecular flexibility index (Phi) is 6.95.